The second-order valence-electron chi connectivity index (χ2n) is 1.13. The van der Waals surface area contributed by atoms with Crippen LogP contribution in [0.4, 0.5) is 0 Å². The minimum atomic E-state index is -0.211. The van der Waals surface area contributed by atoms with Crippen molar-refractivity contribution in [3.05, 3.63) is 0 Å². The van der Waals surface area contributed by atoms with Gasteiger partial charge in [-0.25, -0.2) is 5.26 Å². The van der Waals surface area contributed by atoms with Gasteiger partial charge in [-0.2, -0.15) is 0 Å². The largest absolute Gasteiger partial charge is 0.430 e. The van der Waals surface area contributed by atoms with E-state index in [1.165, 1.54) is 4.92 Å². The van der Waals surface area contributed by atoms with Crippen LogP contribution in [-0.4, -0.2) is 16.7 Å². The fourth-order valence-electron chi connectivity index (χ4n) is 0.0911. The molecule has 7 heavy (non-hydrogen) atoms. The number of hydrogen-bond acceptors (Lipinski definition) is 3. The third-order valence-electron chi connectivity index (χ3n) is 0.464. The molecule has 3 nitrogen and oxygen atoms in total. The SMILES string of the molecule is CN(N)B(I)C#N. The van der Waals surface area contributed by atoms with Gasteiger partial charge in [0, 0.05) is 5.97 Å². The second-order valence-corrected chi connectivity index (χ2v) is 2.31. The summed E-state index contributed by atoms with van der Waals surface area (Å²) >= 11 is 1.94. The predicted molar refractivity (Wildman–Crippen MR) is 37.3 cm³/mol. The number of nitriles is 1. The Balaban J connectivity index is 3.40. The Morgan fingerprint density at radius 3 is 2.43 bits per heavy atom. The Labute approximate surface area is 56.4 Å². The third-order valence-corrected chi connectivity index (χ3v) is 1.62. The summed E-state index contributed by atoms with van der Waals surface area (Å²) in [6, 6.07) is 0. The van der Waals surface area contributed by atoms with Gasteiger partial charge in [0.15, 0.2) is 0 Å². The average Bonchev–Trinajstić information content (AvgIpc) is 1.65. The zero-order valence-electron chi connectivity index (χ0n) is 3.93. The lowest BCUT2D eigenvalue weighted by Crippen LogP contribution is -2.35. The summed E-state index contributed by atoms with van der Waals surface area (Å²) in [5.74, 6) is 7.10. The van der Waals surface area contributed by atoms with Gasteiger partial charge in [0.05, 0.1) is 0 Å². The van der Waals surface area contributed by atoms with E-state index in [1.54, 1.807) is 7.05 Å². The van der Waals surface area contributed by atoms with Crippen LogP contribution in [-0.2, 0) is 0 Å². The molecule has 0 fully saturated rings. The number of halogens is 1. The van der Waals surface area contributed by atoms with E-state index in [2.05, 4.69) is 0 Å². The molecule has 0 spiro atoms. The molecule has 0 saturated heterocycles. The summed E-state index contributed by atoms with van der Waals surface area (Å²) in [5, 5.41) is 8.13. The molecular formula is C2H5BIN3. The Bertz CT molecular complexity index is 87.4. The fraction of sp³-hybridized carbons (Fsp3) is 0.500. The fourth-order valence-corrected chi connectivity index (χ4v) is 0.0911. The number of hydrazine groups is 1. The number of hydrogen-bond donors (Lipinski definition) is 1. The molecule has 0 aromatic rings. The molecule has 0 amide bonds. The van der Waals surface area contributed by atoms with E-state index < -0.39 is 0 Å². The van der Waals surface area contributed by atoms with Crippen LogP contribution in [0.15, 0.2) is 0 Å². The van der Waals surface area contributed by atoms with Crippen LogP contribution in [0.3, 0.4) is 0 Å². The lowest BCUT2D eigenvalue weighted by Gasteiger charge is -2.03. The van der Waals surface area contributed by atoms with Gasteiger partial charge < -0.3 is 0 Å². The van der Waals surface area contributed by atoms with Crippen molar-refractivity contribution >= 4 is 27.1 Å². The quantitative estimate of drug-likeness (QED) is 0.281. The highest BCUT2D eigenvalue weighted by atomic mass is 127. The normalized spacial score (nSPS) is 8.43. The van der Waals surface area contributed by atoms with Crippen LogP contribution in [0.1, 0.15) is 0 Å². The van der Waals surface area contributed by atoms with E-state index in [0.29, 0.717) is 0 Å². The first-order chi connectivity index (χ1) is 3.18. The van der Waals surface area contributed by atoms with Crippen molar-refractivity contribution in [2.24, 2.45) is 5.84 Å². The lowest BCUT2D eigenvalue weighted by molar-refractivity contribution is 0.577. The topological polar surface area (TPSA) is 53.0 Å². The highest BCUT2D eigenvalue weighted by Gasteiger charge is 2.10. The van der Waals surface area contributed by atoms with Crippen molar-refractivity contribution in [3.63, 3.8) is 0 Å². The number of nitrogens with two attached hydrogens (primary N) is 1. The Kier molecular flexibility index (Phi) is 3.33. The maximum Gasteiger partial charge on any atom is 0.430 e. The number of rotatable bonds is 1. The Morgan fingerprint density at radius 2 is 2.43 bits per heavy atom. The molecule has 0 aliphatic heterocycles. The summed E-state index contributed by atoms with van der Waals surface area (Å²) in [5.41, 5.74) is 0. The molecule has 0 aromatic heterocycles. The van der Waals surface area contributed by atoms with Crippen LogP contribution in [0, 0.1) is 11.2 Å². The minimum absolute atomic E-state index is 0.211. The van der Waals surface area contributed by atoms with E-state index in [9.17, 15) is 0 Å². The van der Waals surface area contributed by atoms with Gasteiger partial charge in [-0.05, 0) is 7.05 Å². The minimum Gasteiger partial charge on any atom is -0.278 e. The van der Waals surface area contributed by atoms with Crippen molar-refractivity contribution in [3.8, 4) is 5.97 Å². The van der Waals surface area contributed by atoms with Gasteiger partial charge >= 0.3 is 4.70 Å². The van der Waals surface area contributed by atoms with Gasteiger partial charge in [0.25, 0.3) is 0 Å². The first-order valence-electron chi connectivity index (χ1n) is 1.69. The van der Waals surface area contributed by atoms with Crippen molar-refractivity contribution < 1.29 is 0 Å². The zero-order valence-corrected chi connectivity index (χ0v) is 6.08. The molecule has 0 radical (unpaired) electrons. The van der Waals surface area contributed by atoms with Gasteiger partial charge in [-0.1, -0.05) is 0 Å². The van der Waals surface area contributed by atoms with Gasteiger partial charge in [-0.15, -0.1) is 22.4 Å². The molecule has 0 unspecified atom stereocenters. The van der Waals surface area contributed by atoms with Crippen LogP contribution in [0.25, 0.3) is 0 Å². The third kappa shape index (κ3) is 2.85. The van der Waals surface area contributed by atoms with Gasteiger partial charge in [-0.3, -0.25) is 10.8 Å². The molecule has 0 saturated carbocycles. The van der Waals surface area contributed by atoms with E-state index in [0.717, 1.165) is 0 Å². The summed E-state index contributed by atoms with van der Waals surface area (Å²) in [6.45, 7) is 0. The summed E-state index contributed by atoms with van der Waals surface area (Å²) < 4.78 is -0.211. The van der Waals surface area contributed by atoms with E-state index in [1.807, 2.05) is 28.3 Å². The first-order valence-corrected chi connectivity index (χ1v) is 2.94. The van der Waals surface area contributed by atoms with Crippen LogP contribution >= 0.6 is 22.4 Å². The van der Waals surface area contributed by atoms with E-state index in [-0.39, 0.29) is 4.70 Å². The maximum atomic E-state index is 8.13. The molecule has 0 rings (SSSR count). The van der Waals surface area contributed by atoms with Crippen molar-refractivity contribution in [2.75, 3.05) is 7.05 Å². The molecule has 0 atom stereocenters. The molecule has 0 bridgehead atoms. The molecule has 38 valence electrons. The van der Waals surface area contributed by atoms with E-state index in [4.69, 9.17) is 11.1 Å². The highest BCUT2D eigenvalue weighted by Crippen LogP contribution is 1.90. The maximum absolute atomic E-state index is 8.13. The second kappa shape index (κ2) is 3.24. The summed E-state index contributed by atoms with van der Waals surface area (Å²) in [4.78, 5) is 1.35. The van der Waals surface area contributed by atoms with Crippen LogP contribution < -0.4 is 5.84 Å². The van der Waals surface area contributed by atoms with Gasteiger partial charge in [0.2, 0.25) is 0 Å². The van der Waals surface area contributed by atoms with Crippen molar-refractivity contribution in [2.45, 2.75) is 0 Å². The average molecular weight is 209 g/mol. The molecule has 0 aromatic carbocycles. The Hall–Kier alpha value is 0.205. The summed E-state index contributed by atoms with van der Waals surface area (Å²) in [6.07, 6.45) is 0. The predicted octanol–water partition coefficient (Wildman–Crippen LogP) is -0.222. The summed E-state index contributed by atoms with van der Waals surface area (Å²) in [7, 11) is 1.65. The molecule has 0 aliphatic carbocycles. The van der Waals surface area contributed by atoms with Gasteiger partial charge in [0.1, 0.15) is 0 Å². The van der Waals surface area contributed by atoms with Crippen LogP contribution in [0.5, 0.6) is 0 Å². The van der Waals surface area contributed by atoms with E-state index >= 15 is 0 Å². The Morgan fingerprint density at radius 1 is 2.00 bits per heavy atom. The molecule has 5 heteroatoms. The zero-order chi connectivity index (χ0) is 5.86. The van der Waals surface area contributed by atoms with Crippen molar-refractivity contribution in [1.29, 1.82) is 5.26 Å². The lowest BCUT2D eigenvalue weighted by atomic mass is 9.98. The molecule has 2 N–H and O–H groups in total. The number of nitrogens with zero attached hydrogens (tertiary/aromatic N) is 2. The molecule has 0 aliphatic rings. The molecular weight excluding hydrogens is 204 g/mol. The first kappa shape index (κ1) is 7.20. The molecule has 0 heterocycles. The van der Waals surface area contributed by atoms with Crippen molar-refractivity contribution in [1.82, 2.24) is 4.92 Å². The standard InChI is InChI=1S/C2H5BIN3/c1-7(6)3(4)2-5/h6H2,1H3. The monoisotopic (exact) mass is 209 g/mol. The van der Waals surface area contributed by atoms with Crippen LogP contribution in [0.2, 0.25) is 0 Å². The smallest absolute Gasteiger partial charge is 0.278 e. The highest BCUT2D eigenvalue weighted by molar-refractivity contribution is 14.1.